The van der Waals surface area contributed by atoms with E-state index in [1.54, 1.807) is 6.07 Å². The van der Waals surface area contributed by atoms with Crippen molar-refractivity contribution < 1.29 is 12.8 Å². The molecule has 1 aromatic carbocycles. The van der Waals surface area contributed by atoms with Gasteiger partial charge in [0.25, 0.3) is 0 Å². The van der Waals surface area contributed by atoms with Crippen LogP contribution in [-0.4, -0.2) is 38.4 Å². The molecule has 3 rings (SSSR count). The Bertz CT molecular complexity index is 685. The molecule has 0 bridgehead atoms. The van der Waals surface area contributed by atoms with Crippen LogP contribution < -0.4 is 5.32 Å². The van der Waals surface area contributed by atoms with Crippen molar-refractivity contribution in [3.63, 3.8) is 0 Å². The van der Waals surface area contributed by atoms with Gasteiger partial charge in [-0.1, -0.05) is 6.07 Å². The summed E-state index contributed by atoms with van der Waals surface area (Å²) >= 11 is 0. The molecule has 112 valence electrons. The predicted octanol–water partition coefficient (Wildman–Crippen LogP) is 1.07. The van der Waals surface area contributed by atoms with Gasteiger partial charge in [-0.15, -0.1) is 0 Å². The Hall–Kier alpha value is -1.49. The highest BCUT2D eigenvalue weighted by Gasteiger charge is 2.41. The molecule has 0 saturated carbocycles. The lowest BCUT2D eigenvalue weighted by Gasteiger charge is -2.24. The number of piperidine rings is 1. The van der Waals surface area contributed by atoms with E-state index in [4.69, 9.17) is 5.26 Å². The summed E-state index contributed by atoms with van der Waals surface area (Å²) < 4.78 is 40.4. The number of hydrogen-bond donors (Lipinski definition) is 1. The second-order valence-corrected chi connectivity index (χ2v) is 7.42. The van der Waals surface area contributed by atoms with Crippen molar-refractivity contribution in [2.24, 2.45) is 5.92 Å². The summed E-state index contributed by atoms with van der Waals surface area (Å²) in [5.41, 5.74) is -0.402. The van der Waals surface area contributed by atoms with E-state index in [1.165, 1.54) is 16.4 Å². The van der Waals surface area contributed by atoms with Gasteiger partial charge in [-0.2, -0.15) is 9.57 Å². The third kappa shape index (κ3) is 2.44. The molecule has 2 atom stereocenters. The highest BCUT2D eigenvalue weighted by Crippen LogP contribution is 2.30. The van der Waals surface area contributed by atoms with E-state index in [-0.39, 0.29) is 10.9 Å². The number of nitriles is 1. The summed E-state index contributed by atoms with van der Waals surface area (Å²) in [6.07, 6.45) is 2.04. The number of halogens is 1. The van der Waals surface area contributed by atoms with Crippen LogP contribution in [-0.2, 0) is 10.0 Å². The summed E-state index contributed by atoms with van der Waals surface area (Å²) in [6, 6.07) is 5.54. The fourth-order valence-corrected chi connectivity index (χ4v) is 4.84. The Balaban J connectivity index is 1.95. The first kappa shape index (κ1) is 14.4. The lowest BCUT2D eigenvalue weighted by molar-refractivity contribution is 0.339. The molecule has 0 aromatic heterocycles. The molecule has 2 heterocycles. The fourth-order valence-electron chi connectivity index (χ4n) is 3.17. The largest absolute Gasteiger partial charge is 0.312 e. The molecule has 2 saturated heterocycles. The summed E-state index contributed by atoms with van der Waals surface area (Å²) in [4.78, 5) is -0.233. The molecule has 2 aliphatic rings. The molecular formula is C14H16FN3O2S. The van der Waals surface area contributed by atoms with Crippen LogP contribution in [0.25, 0.3) is 0 Å². The molecule has 0 aliphatic carbocycles. The highest BCUT2D eigenvalue weighted by molar-refractivity contribution is 7.89. The Labute approximate surface area is 123 Å². The number of fused-ring (bicyclic) bond motifs is 1. The van der Waals surface area contributed by atoms with Gasteiger partial charge in [0.05, 0.1) is 0 Å². The molecule has 2 fully saturated rings. The van der Waals surface area contributed by atoms with Crippen molar-refractivity contribution in [2.75, 3.05) is 19.6 Å². The Morgan fingerprint density at radius 3 is 2.90 bits per heavy atom. The van der Waals surface area contributed by atoms with Gasteiger partial charge in [-0.05, 0) is 37.4 Å². The van der Waals surface area contributed by atoms with Gasteiger partial charge in [0.1, 0.15) is 22.3 Å². The number of hydrogen-bond acceptors (Lipinski definition) is 4. The van der Waals surface area contributed by atoms with Gasteiger partial charge < -0.3 is 5.32 Å². The summed E-state index contributed by atoms with van der Waals surface area (Å²) in [7, 11) is -3.83. The molecule has 1 aromatic rings. The average molecular weight is 309 g/mol. The first-order valence-electron chi connectivity index (χ1n) is 6.96. The topological polar surface area (TPSA) is 73.2 Å². The van der Waals surface area contributed by atoms with Crippen LogP contribution in [0, 0.1) is 23.1 Å². The summed E-state index contributed by atoms with van der Waals surface area (Å²) in [5, 5.41) is 12.4. The maximum absolute atomic E-state index is 13.6. The lowest BCUT2D eigenvalue weighted by atomic mass is 9.94. The van der Waals surface area contributed by atoms with Crippen molar-refractivity contribution >= 4 is 10.0 Å². The van der Waals surface area contributed by atoms with E-state index in [9.17, 15) is 12.8 Å². The van der Waals surface area contributed by atoms with E-state index in [2.05, 4.69) is 5.32 Å². The van der Waals surface area contributed by atoms with Gasteiger partial charge in [0, 0.05) is 19.1 Å². The van der Waals surface area contributed by atoms with Crippen LogP contribution in [0.1, 0.15) is 18.4 Å². The molecule has 5 nitrogen and oxygen atoms in total. The highest BCUT2D eigenvalue weighted by atomic mass is 32.2. The van der Waals surface area contributed by atoms with Crippen molar-refractivity contribution in [3.05, 3.63) is 29.6 Å². The van der Waals surface area contributed by atoms with E-state index >= 15 is 0 Å². The molecular weight excluding hydrogens is 293 g/mol. The third-order valence-corrected chi connectivity index (χ3v) is 6.14. The minimum absolute atomic E-state index is 0.160. The molecule has 0 radical (unpaired) electrons. The number of nitrogens with zero attached hydrogens (tertiary/aromatic N) is 2. The fraction of sp³-hybridized carbons (Fsp3) is 0.500. The maximum atomic E-state index is 13.6. The Morgan fingerprint density at radius 2 is 2.19 bits per heavy atom. The van der Waals surface area contributed by atoms with Crippen LogP contribution in [0.3, 0.4) is 0 Å². The van der Waals surface area contributed by atoms with Crippen LogP contribution in [0.4, 0.5) is 4.39 Å². The Kier molecular flexibility index (Phi) is 3.69. The van der Waals surface area contributed by atoms with E-state index in [1.807, 2.05) is 0 Å². The normalized spacial score (nSPS) is 26.3. The van der Waals surface area contributed by atoms with Crippen LogP contribution in [0.5, 0.6) is 0 Å². The zero-order valence-electron chi connectivity index (χ0n) is 11.4. The maximum Gasteiger partial charge on any atom is 0.244 e. The van der Waals surface area contributed by atoms with Gasteiger partial charge in [-0.3, -0.25) is 0 Å². The van der Waals surface area contributed by atoms with E-state index in [0.29, 0.717) is 19.0 Å². The van der Waals surface area contributed by atoms with Gasteiger partial charge in [0.15, 0.2) is 0 Å². The second kappa shape index (κ2) is 5.37. The quantitative estimate of drug-likeness (QED) is 0.887. The van der Waals surface area contributed by atoms with Crippen molar-refractivity contribution in [3.8, 4) is 6.07 Å². The van der Waals surface area contributed by atoms with E-state index < -0.39 is 21.4 Å². The van der Waals surface area contributed by atoms with E-state index in [0.717, 1.165) is 25.5 Å². The SMILES string of the molecule is N#Cc1c(F)cccc1S(=O)(=O)N1C[C@@H]2CCCN[C@@H]2C1. The van der Waals surface area contributed by atoms with Gasteiger partial charge in [0.2, 0.25) is 10.0 Å². The lowest BCUT2D eigenvalue weighted by Crippen LogP contribution is -2.41. The molecule has 0 unspecified atom stereocenters. The van der Waals surface area contributed by atoms with Gasteiger partial charge >= 0.3 is 0 Å². The van der Waals surface area contributed by atoms with Crippen molar-refractivity contribution in [1.29, 1.82) is 5.26 Å². The minimum Gasteiger partial charge on any atom is -0.312 e. The average Bonchev–Trinajstić information content (AvgIpc) is 2.91. The first-order valence-corrected chi connectivity index (χ1v) is 8.40. The first-order chi connectivity index (χ1) is 10.0. The number of nitrogens with one attached hydrogen (secondary N) is 1. The van der Waals surface area contributed by atoms with Crippen LogP contribution >= 0.6 is 0 Å². The van der Waals surface area contributed by atoms with Gasteiger partial charge in [-0.25, -0.2) is 12.8 Å². The van der Waals surface area contributed by atoms with Crippen molar-refractivity contribution in [1.82, 2.24) is 9.62 Å². The van der Waals surface area contributed by atoms with Crippen LogP contribution in [0.2, 0.25) is 0 Å². The smallest absolute Gasteiger partial charge is 0.244 e. The summed E-state index contributed by atoms with van der Waals surface area (Å²) in [6.45, 7) is 1.72. The number of sulfonamides is 1. The number of benzene rings is 1. The summed E-state index contributed by atoms with van der Waals surface area (Å²) in [5.74, 6) is -0.499. The molecule has 21 heavy (non-hydrogen) atoms. The van der Waals surface area contributed by atoms with Crippen molar-refractivity contribution in [2.45, 2.75) is 23.8 Å². The van der Waals surface area contributed by atoms with Crippen LogP contribution in [0.15, 0.2) is 23.1 Å². The second-order valence-electron chi connectivity index (χ2n) is 5.51. The monoisotopic (exact) mass is 309 g/mol. The Morgan fingerprint density at radius 1 is 1.38 bits per heavy atom. The zero-order chi connectivity index (χ0) is 15.0. The predicted molar refractivity (Wildman–Crippen MR) is 74.4 cm³/mol. The molecule has 0 spiro atoms. The standard InChI is InChI=1S/C14H16FN3O2S/c15-12-4-1-5-14(11(12)7-16)21(19,20)18-8-10-3-2-6-17-13(10)9-18/h1,4-5,10,13,17H,2-3,6,8-9H2/t10-,13+/m0/s1. The zero-order valence-corrected chi connectivity index (χ0v) is 12.2. The molecule has 7 heteroatoms. The minimum atomic E-state index is -3.83. The molecule has 0 amide bonds. The third-order valence-electron chi connectivity index (χ3n) is 4.27. The molecule has 2 aliphatic heterocycles. The number of rotatable bonds is 2. The molecule has 1 N–H and O–H groups in total.